The second-order valence-electron chi connectivity index (χ2n) is 4.06. The zero-order chi connectivity index (χ0) is 13.0. The lowest BCUT2D eigenvalue weighted by atomic mass is 10.2. The standard InChI is InChI=1S/C13H14N4O/c1-10-12(4-6-18)16-9-17(10)8-11-3-2-5-15-13(11)7-14/h2-3,5,9,18H,4,6,8H2,1H3/p+1. The summed E-state index contributed by atoms with van der Waals surface area (Å²) >= 11 is 0. The van der Waals surface area contributed by atoms with Crippen molar-refractivity contribution in [3.63, 3.8) is 0 Å². The van der Waals surface area contributed by atoms with Gasteiger partial charge in [-0.2, -0.15) is 5.26 Å². The second kappa shape index (κ2) is 5.43. The minimum absolute atomic E-state index is 0.123. The van der Waals surface area contributed by atoms with Crippen molar-refractivity contribution >= 4 is 0 Å². The number of nitriles is 1. The molecule has 5 heteroatoms. The molecule has 0 bridgehead atoms. The van der Waals surface area contributed by atoms with Crippen LogP contribution >= 0.6 is 0 Å². The molecule has 0 spiro atoms. The summed E-state index contributed by atoms with van der Waals surface area (Å²) in [5.74, 6) is 0. The van der Waals surface area contributed by atoms with Crippen molar-refractivity contribution in [1.29, 1.82) is 5.26 Å². The molecule has 0 aliphatic carbocycles. The number of aliphatic hydroxyl groups excluding tert-OH is 1. The maximum atomic E-state index is 8.99. The van der Waals surface area contributed by atoms with Crippen molar-refractivity contribution in [2.24, 2.45) is 0 Å². The summed E-state index contributed by atoms with van der Waals surface area (Å²) < 4.78 is 2.02. The molecule has 0 radical (unpaired) electrons. The minimum Gasteiger partial charge on any atom is -0.396 e. The molecule has 2 heterocycles. The van der Waals surface area contributed by atoms with Gasteiger partial charge in [0.2, 0.25) is 6.33 Å². The van der Waals surface area contributed by atoms with E-state index in [1.54, 1.807) is 6.20 Å². The Kier molecular flexibility index (Phi) is 3.70. The van der Waals surface area contributed by atoms with Gasteiger partial charge in [0.15, 0.2) is 0 Å². The van der Waals surface area contributed by atoms with Crippen LogP contribution < -0.4 is 4.57 Å². The number of imidazole rings is 1. The largest absolute Gasteiger partial charge is 0.396 e. The molecule has 2 aromatic rings. The van der Waals surface area contributed by atoms with E-state index in [1.165, 1.54) is 0 Å². The van der Waals surface area contributed by atoms with Crippen molar-refractivity contribution < 1.29 is 9.67 Å². The summed E-state index contributed by atoms with van der Waals surface area (Å²) in [4.78, 5) is 7.17. The molecule has 2 rings (SSSR count). The van der Waals surface area contributed by atoms with Gasteiger partial charge in [-0.1, -0.05) is 6.07 Å². The lowest BCUT2D eigenvalue weighted by molar-refractivity contribution is -0.693. The van der Waals surface area contributed by atoms with Gasteiger partial charge in [-0.15, -0.1) is 0 Å². The Morgan fingerprint density at radius 3 is 3.11 bits per heavy atom. The first-order chi connectivity index (χ1) is 8.76. The number of aromatic amines is 1. The Hall–Kier alpha value is -2.19. The van der Waals surface area contributed by atoms with Gasteiger partial charge in [-0.05, 0) is 6.07 Å². The Bertz CT molecular complexity index is 583. The SMILES string of the molecule is Cc1c(CCO)[nH]c[n+]1Cc1cccnc1C#N. The third kappa shape index (κ3) is 2.39. The highest BCUT2D eigenvalue weighted by Crippen LogP contribution is 2.06. The van der Waals surface area contributed by atoms with Crippen LogP contribution in [0.3, 0.4) is 0 Å². The Morgan fingerprint density at radius 1 is 1.56 bits per heavy atom. The summed E-state index contributed by atoms with van der Waals surface area (Å²) in [6.07, 6.45) is 4.08. The van der Waals surface area contributed by atoms with Gasteiger partial charge in [0.25, 0.3) is 0 Å². The Balaban J connectivity index is 2.27. The molecular formula is C13H15N4O+. The van der Waals surface area contributed by atoms with E-state index in [0.717, 1.165) is 17.0 Å². The zero-order valence-electron chi connectivity index (χ0n) is 10.2. The van der Waals surface area contributed by atoms with Crippen molar-refractivity contribution in [3.05, 3.63) is 47.3 Å². The summed E-state index contributed by atoms with van der Waals surface area (Å²) in [6, 6.07) is 5.82. The normalized spacial score (nSPS) is 10.3. The van der Waals surface area contributed by atoms with Gasteiger partial charge < -0.3 is 5.11 Å². The number of aromatic nitrogens is 3. The molecule has 0 fully saturated rings. The van der Waals surface area contributed by atoms with E-state index in [9.17, 15) is 0 Å². The molecule has 0 amide bonds. The first-order valence-corrected chi connectivity index (χ1v) is 5.77. The molecule has 2 aromatic heterocycles. The van der Waals surface area contributed by atoms with E-state index in [2.05, 4.69) is 16.0 Å². The van der Waals surface area contributed by atoms with Crippen molar-refractivity contribution in [2.45, 2.75) is 19.9 Å². The monoisotopic (exact) mass is 243 g/mol. The fourth-order valence-corrected chi connectivity index (χ4v) is 1.91. The van der Waals surface area contributed by atoms with E-state index in [-0.39, 0.29) is 6.61 Å². The molecule has 2 N–H and O–H groups in total. The molecule has 0 saturated carbocycles. The van der Waals surface area contributed by atoms with E-state index in [4.69, 9.17) is 10.4 Å². The number of H-pyrrole nitrogens is 1. The second-order valence-corrected chi connectivity index (χ2v) is 4.06. The maximum Gasteiger partial charge on any atom is 0.242 e. The Labute approximate surface area is 105 Å². The summed E-state index contributed by atoms with van der Waals surface area (Å²) in [7, 11) is 0. The topological polar surface area (TPSA) is 76.6 Å². The number of hydrogen-bond acceptors (Lipinski definition) is 3. The molecule has 0 atom stereocenters. The van der Waals surface area contributed by atoms with Crippen molar-refractivity contribution in [2.75, 3.05) is 6.61 Å². The van der Waals surface area contributed by atoms with Gasteiger partial charge in [0.05, 0.1) is 6.61 Å². The molecule has 0 unspecified atom stereocenters. The zero-order valence-corrected chi connectivity index (χ0v) is 10.2. The molecule has 0 aromatic carbocycles. The smallest absolute Gasteiger partial charge is 0.242 e. The van der Waals surface area contributed by atoms with E-state index in [0.29, 0.717) is 18.7 Å². The number of nitrogens with one attached hydrogen (secondary N) is 1. The van der Waals surface area contributed by atoms with Crippen LogP contribution in [0.15, 0.2) is 24.7 Å². The van der Waals surface area contributed by atoms with Gasteiger partial charge in [-0.25, -0.2) is 14.5 Å². The van der Waals surface area contributed by atoms with Crippen LogP contribution in [0.25, 0.3) is 0 Å². The van der Waals surface area contributed by atoms with Crippen LogP contribution in [-0.2, 0) is 13.0 Å². The average molecular weight is 243 g/mol. The van der Waals surface area contributed by atoms with E-state index < -0.39 is 0 Å². The van der Waals surface area contributed by atoms with Gasteiger partial charge in [0.1, 0.15) is 29.7 Å². The summed E-state index contributed by atoms with van der Waals surface area (Å²) in [5, 5.41) is 17.9. The highest BCUT2D eigenvalue weighted by molar-refractivity contribution is 5.29. The van der Waals surface area contributed by atoms with Crippen LogP contribution in [0.5, 0.6) is 0 Å². The Morgan fingerprint density at radius 2 is 2.39 bits per heavy atom. The number of hydrogen-bond donors (Lipinski definition) is 2. The highest BCUT2D eigenvalue weighted by Gasteiger charge is 2.14. The predicted octanol–water partition coefficient (Wildman–Crippen LogP) is 0.460. The predicted molar refractivity (Wildman–Crippen MR) is 64.6 cm³/mol. The fourth-order valence-electron chi connectivity index (χ4n) is 1.91. The molecular weight excluding hydrogens is 228 g/mol. The van der Waals surface area contributed by atoms with Gasteiger partial charge in [0, 0.05) is 25.1 Å². The molecule has 0 saturated heterocycles. The maximum absolute atomic E-state index is 8.99. The lowest BCUT2D eigenvalue weighted by Gasteiger charge is -2.01. The summed E-state index contributed by atoms with van der Waals surface area (Å²) in [5.41, 5.74) is 3.42. The number of aliphatic hydroxyl groups is 1. The molecule has 92 valence electrons. The van der Waals surface area contributed by atoms with Crippen molar-refractivity contribution in [1.82, 2.24) is 9.97 Å². The molecule has 18 heavy (non-hydrogen) atoms. The van der Waals surface area contributed by atoms with Gasteiger partial charge >= 0.3 is 0 Å². The lowest BCUT2D eigenvalue weighted by Crippen LogP contribution is -2.35. The minimum atomic E-state index is 0.123. The van der Waals surface area contributed by atoms with Crippen LogP contribution in [0.4, 0.5) is 0 Å². The van der Waals surface area contributed by atoms with Crippen LogP contribution in [0.1, 0.15) is 22.6 Å². The highest BCUT2D eigenvalue weighted by atomic mass is 16.3. The third-order valence-electron chi connectivity index (χ3n) is 2.96. The first kappa shape index (κ1) is 12.3. The summed E-state index contributed by atoms with van der Waals surface area (Å²) in [6.45, 7) is 2.71. The van der Waals surface area contributed by atoms with E-state index >= 15 is 0 Å². The third-order valence-corrected chi connectivity index (χ3v) is 2.96. The number of pyridine rings is 1. The van der Waals surface area contributed by atoms with Gasteiger partial charge in [-0.3, -0.25) is 0 Å². The quantitative estimate of drug-likeness (QED) is 0.766. The number of rotatable bonds is 4. The van der Waals surface area contributed by atoms with E-state index in [1.807, 2.05) is 30.0 Å². The van der Waals surface area contributed by atoms with Crippen LogP contribution in [-0.4, -0.2) is 21.7 Å². The fraction of sp³-hybridized carbons (Fsp3) is 0.308. The molecule has 0 aliphatic heterocycles. The average Bonchev–Trinajstić information content (AvgIpc) is 2.73. The van der Waals surface area contributed by atoms with Crippen molar-refractivity contribution in [3.8, 4) is 6.07 Å². The first-order valence-electron chi connectivity index (χ1n) is 5.77. The van der Waals surface area contributed by atoms with Crippen LogP contribution in [0.2, 0.25) is 0 Å². The number of nitrogens with zero attached hydrogens (tertiary/aromatic N) is 3. The van der Waals surface area contributed by atoms with Crippen LogP contribution in [0, 0.1) is 18.3 Å². The molecule has 0 aliphatic rings. The molecule has 5 nitrogen and oxygen atoms in total.